The number of nitrogens with two attached hydrogens (primary N) is 1. The lowest BCUT2D eigenvalue weighted by molar-refractivity contribution is -0.119. The average molecular weight is 291 g/mol. The number of nitriles is 1. The first kappa shape index (κ1) is 13.8. The van der Waals surface area contributed by atoms with Gasteiger partial charge in [0.05, 0.1) is 11.4 Å². The SMILES string of the molecule is CC(C(=O)Nc1cc(Cl)ccc1N)n1cnc(C#N)n1. The van der Waals surface area contributed by atoms with E-state index in [0.717, 1.165) is 0 Å². The Morgan fingerprint density at radius 2 is 2.35 bits per heavy atom. The van der Waals surface area contributed by atoms with E-state index in [-0.39, 0.29) is 11.7 Å². The van der Waals surface area contributed by atoms with Crippen molar-refractivity contribution in [3.8, 4) is 6.07 Å². The summed E-state index contributed by atoms with van der Waals surface area (Å²) in [5.74, 6) is -0.333. The Labute approximate surface area is 120 Å². The van der Waals surface area contributed by atoms with Gasteiger partial charge in [0.2, 0.25) is 5.91 Å². The highest BCUT2D eigenvalue weighted by Gasteiger charge is 2.17. The third kappa shape index (κ3) is 2.87. The maximum absolute atomic E-state index is 12.1. The Morgan fingerprint density at radius 1 is 1.60 bits per heavy atom. The molecule has 0 radical (unpaired) electrons. The van der Waals surface area contributed by atoms with Gasteiger partial charge >= 0.3 is 0 Å². The van der Waals surface area contributed by atoms with Gasteiger partial charge in [-0.2, -0.15) is 5.26 Å². The van der Waals surface area contributed by atoms with Gasteiger partial charge in [0.1, 0.15) is 18.4 Å². The fraction of sp³-hybridized carbons (Fsp3) is 0.167. The van der Waals surface area contributed by atoms with Crippen LogP contribution < -0.4 is 11.1 Å². The highest BCUT2D eigenvalue weighted by atomic mass is 35.5. The smallest absolute Gasteiger partial charge is 0.252 e. The highest BCUT2D eigenvalue weighted by molar-refractivity contribution is 6.31. The summed E-state index contributed by atoms with van der Waals surface area (Å²) in [4.78, 5) is 15.8. The topological polar surface area (TPSA) is 110 Å². The molecule has 0 aliphatic rings. The van der Waals surface area contributed by atoms with Gasteiger partial charge in [-0.1, -0.05) is 11.6 Å². The lowest BCUT2D eigenvalue weighted by atomic mass is 10.2. The molecule has 102 valence electrons. The lowest BCUT2D eigenvalue weighted by Crippen LogP contribution is -2.24. The zero-order chi connectivity index (χ0) is 14.7. The number of nitrogens with zero attached hydrogens (tertiary/aromatic N) is 4. The molecule has 0 bridgehead atoms. The molecule has 0 saturated heterocycles. The van der Waals surface area contributed by atoms with Crippen LogP contribution in [0.25, 0.3) is 0 Å². The highest BCUT2D eigenvalue weighted by Crippen LogP contribution is 2.23. The summed E-state index contributed by atoms with van der Waals surface area (Å²) in [6.07, 6.45) is 1.32. The molecular weight excluding hydrogens is 280 g/mol. The van der Waals surface area contributed by atoms with Crippen LogP contribution in [0.5, 0.6) is 0 Å². The molecule has 7 nitrogen and oxygen atoms in total. The summed E-state index contributed by atoms with van der Waals surface area (Å²) >= 11 is 5.85. The summed E-state index contributed by atoms with van der Waals surface area (Å²) in [7, 11) is 0. The summed E-state index contributed by atoms with van der Waals surface area (Å²) in [6, 6.07) is 5.95. The first-order valence-electron chi connectivity index (χ1n) is 5.68. The van der Waals surface area contributed by atoms with E-state index in [0.29, 0.717) is 16.4 Å². The van der Waals surface area contributed by atoms with Crippen LogP contribution in [0, 0.1) is 11.3 Å². The van der Waals surface area contributed by atoms with Crippen molar-refractivity contribution in [3.05, 3.63) is 35.4 Å². The number of nitrogens with one attached hydrogen (secondary N) is 1. The second kappa shape index (κ2) is 5.59. The minimum Gasteiger partial charge on any atom is -0.397 e. The number of nitrogen functional groups attached to an aromatic ring is 1. The van der Waals surface area contributed by atoms with Crippen molar-refractivity contribution in [2.75, 3.05) is 11.1 Å². The van der Waals surface area contributed by atoms with E-state index < -0.39 is 6.04 Å². The van der Waals surface area contributed by atoms with Crippen molar-refractivity contribution in [3.63, 3.8) is 0 Å². The van der Waals surface area contributed by atoms with Crippen molar-refractivity contribution >= 4 is 28.9 Å². The molecule has 2 rings (SSSR count). The molecule has 0 fully saturated rings. The molecule has 2 aromatic rings. The molecule has 3 N–H and O–H groups in total. The van der Waals surface area contributed by atoms with Crippen molar-refractivity contribution in [1.82, 2.24) is 14.8 Å². The van der Waals surface area contributed by atoms with Crippen molar-refractivity contribution in [2.45, 2.75) is 13.0 Å². The predicted molar refractivity (Wildman–Crippen MR) is 73.9 cm³/mol. The van der Waals surface area contributed by atoms with Crippen LogP contribution in [0.3, 0.4) is 0 Å². The number of benzene rings is 1. The predicted octanol–water partition coefficient (Wildman–Crippen LogP) is 1.59. The van der Waals surface area contributed by atoms with E-state index in [1.807, 2.05) is 0 Å². The van der Waals surface area contributed by atoms with Gasteiger partial charge in [0, 0.05) is 5.02 Å². The first-order chi connectivity index (χ1) is 9.51. The van der Waals surface area contributed by atoms with Crippen LogP contribution in [0.4, 0.5) is 11.4 Å². The Hall–Kier alpha value is -2.59. The average Bonchev–Trinajstić information content (AvgIpc) is 2.90. The van der Waals surface area contributed by atoms with Gasteiger partial charge in [-0.15, -0.1) is 5.10 Å². The number of carbonyl (C=O) groups is 1. The van der Waals surface area contributed by atoms with Crippen LogP contribution in [0.1, 0.15) is 18.8 Å². The molecule has 1 aromatic carbocycles. The zero-order valence-electron chi connectivity index (χ0n) is 10.5. The normalized spacial score (nSPS) is 11.7. The van der Waals surface area contributed by atoms with Crippen molar-refractivity contribution in [2.24, 2.45) is 0 Å². The summed E-state index contributed by atoms with van der Waals surface area (Å²) in [5, 5.41) is 15.6. The maximum atomic E-state index is 12.1. The second-order valence-electron chi connectivity index (χ2n) is 4.06. The number of hydrogen-bond acceptors (Lipinski definition) is 5. The van der Waals surface area contributed by atoms with E-state index in [4.69, 9.17) is 22.6 Å². The van der Waals surface area contributed by atoms with Crippen molar-refractivity contribution in [1.29, 1.82) is 5.26 Å². The van der Waals surface area contributed by atoms with Gasteiger partial charge < -0.3 is 11.1 Å². The van der Waals surface area contributed by atoms with Crippen LogP contribution in [0.2, 0.25) is 5.02 Å². The van der Waals surface area contributed by atoms with E-state index in [1.54, 1.807) is 31.2 Å². The van der Waals surface area contributed by atoms with Crippen LogP contribution >= 0.6 is 11.6 Å². The zero-order valence-corrected chi connectivity index (χ0v) is 11.3. The van der Waals surface area contributed by atoms with Gasteiger partial charge in [-0.05, 0) is 25.1 Å². The van der Waals surface area contributed by atoms with Gasteiger partial charge in [-0.3, -0.25) is 4.79 Å². The second-order valence-corrected chi connectivity index (χ2v) is 4.49. The van der Waals surface area contributed by atoms with Gasteiger partial charge in [0.25, 0.3) is 5.82 Å². The molecule has 1 heterocycles. The molecule has 8 heteroatoms. The van der Waals surface area contributed by atoms with E-state index in [1.165, 1.54) is 11.0 Å². The fourth-order valence-electron chi connectivity index (χ4n) is 1.51. The Morgan fingerprint density at radius 3 is 3.00 bits per heavy atom. The van der Waals surface area contributed by atoms with E-state index in [9.17, 15) is 4.79 Å². The first-order valence-corrected chi connectivity index (χ1v) is 6.06. The molecular formula is C12H11ClN6O. The molecule has 0 aliphatic heterocycles. The molecule has 1 amide bonds. The monoisotopic (exact) mass is 290 g/mol. The number of anilines is 2. The summed E-state index contributed by atoms with van der Waals surface area (Å²) < 4.78 is 1.30. The molecule has 0 saturated carbocycles. The molecule has 0 spiro atoms. The fourth-order valence-corrected chi connectivity index (χ4v) is 1.68. The third-order valence-corrected chi connectivity index (χ3v) is 2.89. The number of rotatable bonds is 3. The van der Waals surface area contributed by atoms with E-state index >= 15 is 0 Å². The minimum absolute atomic E-state index is 0.00641. The molecule has 1 atom stereocenters. The maximum Gasteiger partial charge on any atom is 0.252 e. The molecule has 1 unspecified atom stereocenters. The summed E-state index contributed by atoms with van der Waals surface area (Å²) in [6.45, 7) is 1.63. The molecule has 0 aliphatic carbocycles. The van der Waals surface area contributed by atoms with E-state index in [2.05, 4.69) is 15.4 Å². The molecule has 20 heavy (non-hydrogen) atoms. The van der Waals surface area contributed by atoms with Gasteiger partial charge in [0.15, 0.2) is 0 Å². The lowest BCUT2D eigenvalue weighted by Gasteiger charge is -2.13. The quantitative estimate of drug-likeness (QED) is 0.834. The Kier molecular flexibility index (Phi) is 3.86. The Bertz CT molecular complexity index is 689. The summed E-state index contributed by atoms with van der Waals surface area (Å²) in [5.41, 5.74) is 6.59. The largest absolute Gasteiger partial charge is 0.397 e. The number of carbonyl (C=O) groups excluding carboxylic acids is 1. The number of aromatic nitrogens is 3. The van der Waals surface area contributed by atoms with Crippen molar-refractivity contribution < 1.29 is 4.79 Å². The Balaban J connectivity index is 2.15. The molecule has 1 aromatic heterocycles. The van der Waals surface area contributed by atoms with Crippen LogP contribution in [-0.4, -0.2) is 20.7 Å². The number of amides is 1. The minimum atomic E-state index is -0.636. The standard InChI is InChI=1S/C12H11ClN6O/c1-7(19-6-16-11(5-14)18-19)12(20)17-10-4-8(13)2-3-9(10)15/h2-4,6-7H,15H2,1H3,(H,17,20). The third-order valence-electron chi connectivity index (χ3n) is 2.66. The van der Waals surface area contributed by atoms with Crippen LogP contribution in [0.15, 0.2) is 24.5 Å². The number of hydrogen-bond donors (Lipinski definition) is 2. The van der Waals surface area contributed by atoms with Crippen LogP contribution in [-0.2, 0) is 4.79 Å². The number of halogens is 1. The van der Waals surface area contributed by atoms with Gasteiger partial charge in [-0.25, -0.2) is 9.67 Å².